The first-order valence-corrected chi connectivity index (χ1v) is 13.8. The summed E-state index contributed by atoms with van der Waals surface area (Å²) in [6.07, 6.45) is 1.93. The summed E-state index contributed by atoms with van der Waals surface area (Å²) < 4.78 is 23.9. The Kier molecular flexibility index (Phi) is 7.65. The molecule has 1 aliphatic rings. The van der Waals surface area contributed by atoms with Gasteiger partial charge >= 0.3 is 6.03 Å². The molecule has 3 aromatic rings. The van der Waals surface area contributed by atoms with Gasteiger partial charge in [0, 0.05) is 30.5 Å². The summed E-state index contributed by atoms with van der Waals surface area (Å²) in [6, 6.07) is 14.7. The topological polar surface area (TPSA) is 123 Å². The SMILES string of the molecule is CN(C)CCc1c(C(=O)NCc2ccccc2)[nH]c2ccc(CCN3CC(=O)N(S(C)(=O)=O)C3=O)cc12. The lowest BCUT2D eigenvalue weighted by Gasteiger charge is -2.15. The molecule has 0 aliphatic carbocycles. The number of aromatic nitrogens is 1. The predicted octanol–water partition coefficient (Wildman–Crippen LogP) is 1.97. The van der Waals surface area contributed by atoms with Crippen LogP contribution in [0, 0.1) is 0 Å². The first kappa shape index (κ1) is 26.4. The molecule has 0 saturated carbocycles. The summed E-state index contributed by atoms with van der Waals surface area (Å²) in [6.45, 7) is 1.10. The fourth-order valence-electron chi connectivity index (χ4n) is 4.40. The highest BCUT2D eigenvalue weighted by Gasteiger charge is 2.41. The van der Waals surface area contributed by atoms with Crippen LogP contribution in [-0.4, -0.2) is 85.3 Å². The second kappa shape index (κ2) is 10.7. The first-order chi connectivity index (χ1) is 17.5. The van der Waals surface area contributed by atoms with Crippen LogP contribution >= 0.6 is 0 Å². The number of fused-ring (bicyclic) bond motifs is 1. The second-order valence-electron chi connectivity index (χ2n) is 9.46. The number of sulfonamides is 1. The van der Waals surface area contributed by atoms with Crippen LogP contribution in [0.4, 0.5) is 4.79 Å². The summed E-state index contributed by atoms with van der Waals surface area (Å²) in [5.74, 6) is -0.928. The Morgan fingerprint density at radius 2 is 1.78 bits per heavy atom. The molecule has 4 rings (SSSR count). The monoisotopic (exact) mass is 525 g/mol. The number of carbonyl (C=O) groups is 3. The highest BCUT2D eigenvalue weighted by atomic mass is 32.2. The third-order valence-corrected chi connectivity index (χ3v) is 7.32. The van der Waals surface area contributed by atoms with E-state index in [9.17, 15) is 22.8 Å². The van der Waals surface area contributed by atoms with Gasteiger partial charge in [0.05, 0.1) is 6.26 Å². The minimum absolute atomic E-state index is 0.183. The fourth-order valence-corrected chi connectivity index (χ4v) is 5.23. The van der Waals surface area contributed by atoms with Gasteiger partial charge in [-0.1, -0.05) is 36.4 Å². The lowest BCUT2D eigenvalue weighted by molar-refractivity contribution is -0.122. The predicted molar refractivity (Wildman–Crippen MR) is 141 cm³/mol. The molecule has 0 atom stereocenters. The smallest absolute Gasteiger partial charge is 0.341 e. The standard InChI is InChI=1S/C26H31N5O5S/c1-29(2)13-12-20-21-15-18(11-14-30-17-23(32)31(26(30)34)37(3,35)36)9-10-22(21)28-24(20)25(33)27-16-19-7-5-4-6-8-19/h4-10,15,28H,11-14,16-17H2,1-3H3,(H,27,33). The van der Waals surface area contributed by atoms with Gasteiger partial charge in [-0.05, 0) is 55.8 Å². The average Bonchev–Trinajstić information content (AvgIpc) is 3.36. The molecule has 0 unspecified atom stereocenters. The molecule has 37 heavy (non-hydrogen) atoms. The van der Waals surface area contributed by atoms with Crippen LogP contribution in [0.5, 0.6) is 0 Å². The van der Waals surface area contributed by atoms with Crippen molar-refractivity contribution in [1.29, 1.82) is 0 Å². The third-order valence-electron chi connectivity index (χ3n) is 6.30. The van der Waals surface area contributed by atoms with Crippen molar-refractivity contribution in [3.8, 4) is 0 Å². The fraction of sp³-hybridized carbons (Fsp3) is 0.346. The first-order valence-electron chi connectivity index (χ1n) is 12.0. The molecule has 2 N–H and O–H groups in total. The van der Waals surface area contributed by atoms with E-state index in [2.05, 4.69) is 15.2 Å². The number of likely N-dealkylation sites (N-methyl/N-ethyl adjacent to an activating group) is 1. The summed E-state index contributed by atoms with van der Waals surface area (Å²) in [4.78, 5) is 44.2. The number of imide groups is 1. The van der Waals surface area contributed by atoms with Crippen LogP contribution in [0.15, 0.2) is 48.5 Å². The van der Waals surface area contributed by atoms with Gasteiger partial charge in [-0.3, -0.25) is 9.59 Å². The van der Waals surface area contributed by atoms with Gasteiger partial charge in [0.15, 0.2) is 0 Å². The summed E-state index contributed by atoms with van der Waals surface area (Å²) in [5.41, 5.74) is 4.18. The Bertz CT molecular complexity index is 1430. The Labute approximate surface area is 216 Å². The van der Waals surface area contributed by atoms with Crippen molar-refractivity contribution in [2.75, 3.05) is 40.0 Å². The molecule has 4 amide bonds. The summed E-state index contributed by atoms with van der Waals surface area (Å²) in [5, 5.41) is 3.91. The maximum atomic E-state index is 13.1. The van der Waals surface area contributed by atoms with E-state index < -0.39 is 22.0 Å². The minimum Gasteiger partial charge on any atom is -0.350 e. The molecule has 10 nitrogen and oxygen atoms in total. The number of carbonyl (C=O) groups excluding carboxylic acids is 3. The maximum Gasteiger partial charge on any atom is 0.341 e. The van der Waals surface area contributed by atoms with Crippen LogP contribution in [0.1, 0.15) is 27.2 Å². The molecular weight excluding hydrogens is 494 g/mol. The van der Waals surface area contributed by atoms with Gasteiger partial charge < -0.3 is 20.1 Å². The van der Waals surface area contributed by atoms with Crippen LogP contribution in [0.25, 0.3) is 10.9 Å². The maximum absolute atomic E-state index is 13.1. The molecule has 0 bridgehead atoms. The van der Waals surface area contributed by atoms with Crippen LogP contribution in [-0.2, 0) is 34.2 Å². The Morgan fingerprint density at radius 3 is 2.43 bits per heavy atom. The Balaban J connectivity index is 1.54. The lowest BCUT2D eigenvalue weighted by Crippen LogP contribution is -2.37. The van der Waals surface area contributed by atoms with Gasteiger partial charge in [0.2, 0.25) is 10.0 Å². The average molecular weight is 526 g/mol. The Hall–Kier alpha value is -3.70. The van der Waals surface area contributed by atoms with Crippen LogP contribution in [0.3, 0.4) is 0 Å². The van der Waals surface area contributed by atoms with Gasteiger partial charge in [-0.15, -0.1) is 0 Å². The number of aromatic amines is 1. The van der Waals surface area contributed by atoms with Gasteiger partial charge in [0.1, 0.15) is 12.2 Å². The number of H-pyrrole nitrogens is 1. The van der Waals surface area contributed by atoms with E-state index in [1.807, 2.05) is 62.6 Å². The van der Waals surface area contributed by atoms with Crippen molar-refractivity contribution in [2.24, 2.45) is 0 Å². The van der Waals surface area contributed by atoms with E-state index >= 15 is 0 Å². The quantitative estimate of drug-likeness (QED) is 0.390. The number of benzene rings is 2. The van der Waals surface area contributed by atoms with Crippen molar-refractivity contribution in [2.45, 2.75) is 19.4 Å². The van der Waals surface area contributed by atoms with Crippen molar-refractivity contribution in [1.82, 2.24) is 24.4 Å². The third kappa shape index (κ3) is 6.00. The summed E-state index contributed by atoms with van der Waals surface area (Å²) >= 11 is 0. The van der Waals surface area contributed by atoms with E-state index in [0.717, 1.165) is 40.4 Å². The largest absolute Gasteiger partial charge is 0.350 e. The van der Waals surface area contributed by atoms with E-state index in [-0.39, 0.29) is 19.0 Å². The van der Waals surface area contributed by atoms with E-state index in [1.165, 1.54) is 4.90 Å². The zero-order valence-corrected chi connectivity index (χ0v) is 22.0. The molecule has 2 heterocycles. The van der Waals surface area contributed by atoms with Crippen molar-refractivity contribution in [3.05, 3.63) is 70.9 Å². The number of amides is 4. The van der Waals surface area contributed by atoms with E-state index in [1.54, 1.807) is 0 Å². The zero-order valence-electron chi connectivity index (χ0n) is 21.2. The normalized spacial score (nSPS) is 14.3. The highest BCUT2D eigenvalue weighted by Crippen LogP contribution is 2.26. The minimum atomic E-state index is -3.95. The Morgan fingerprint density at radius 1 is 1.05 bits per heavy atom. The molecule has 11 heteroatoms. The zero-order chi connectivity index (χ0) is 26.7. The van der Waals surface area contributed by atoms with Crippen LogP contribution in [0.2, 0.25) is 0 Å². The number of nitrogens with one attached hydrogen (secondary N) is 2. The highest BCUT2D eigenvalue weighted by molar-refractivity contribution is 7.89. The van der Waals surface area contributed by atoms with E-state index in [4.69, 9.17) is 0 Å². The number of hydrogen-bond acceptors (Lipinski definition) is 6. The van der Waals surface area contributed by atoms with Crippen molar-refractivity contribution < 1.29 is 22.8 Å². The van der Waals surface area contributed by atoms with Crippen molar-refractivity contribution in [3.63, 3.8) is 0 Å². The molecule has 196 valence electrons. The molecular formula is C26H31N5O5S. The van der Waals surface area contributed by atoms with Crippen molar-refractivity contribution >= 4 is 38.8 Å². The number of urea groups is 1. The second-order valence-corrected chi connectivity index (χ2v) is 11.3. The molecule has 1 fully saturated rings. The molecule has 0 radical (unpaired) electrons. The molecule has 0 spiro atoms. The lowest BCUT2D eigenvalue weighted by atomic mass is 10.0. The van der Waals surface area contributed by atoms with Gasteiger partial charge in [-0.25, -0.2) is 13.2 Å². The van der Waals surface area contributed by atoms with E-state index in [0.29, 0.717) is 29.4 Å². The molecule has 1 aliphatic heterocycles. The van der Waals surface area contributed by atoms with Gasteiger partial charge in [-0.2, -0.15) is 4.31 Å². The van der Waals surface area contributed by atoms with Crippen LogP contribution < -0.4 is 5.32 Å². The number of nitrogens with zero attached hydrogens (tertiary/aromatic N) is 3. The molecule has 1 saturated heterocycles. The number of hydrogen-bond donors (Lipinski definition) is 2. The molecule has 1 aromatic heterocycles. The van der Waals surface area contributed by atoms with Gasteiger partial charge in [0.25, 0.3) is 11.8 Å². The molecule has 2 aromatic carbocycles. The number of rotatable bonds is 10. The summed E-state index contributed by atoms with van der Waals surface area (Å²) in [7, 11) is 0.00545.